The lowest BCUT2D eigenvalue weighted by atomic mass is 10.0. The molecule has 102 valence electrons. The van der Waals surface area contributed by atoms with E-state index < -0.39 is 9.85 Å². The zero-order chi connectivity index (χ0) is 14.7. The molecule has 0 N–H and O–H groups in total. The third-order valence-electron chi connectivity index (χ3n) is 2.79. The molecule has 0 heterocycles. The Kier molecular flexibility index (Phi) is 4.09. The van der Waals surface area contributed by atoms with Gasteiger partial charge in [-0.2, -0.15) is 0 Å². The minimum atomic E-state index is -0.458. The Hall–Kier alpha value is -2.28. The second-order valence-electron chi connectivity index (χ2n) is 4.13. The topological polar surface area (TPSA) is 86.3 Å². The number of nitro groups is 2. The predicted octanol–water partition coefficient (Wildman–Crippen LogP) is 3.86. The predicted molar refractivity (Wildman–Crippen MR) is 76.7 cm³/mol. The molecule has 20 heavy (non-hydrogen) atoms. The third-order valence-corrected chi connectivity index (χ3v) is 3.53. The summed E-state index contributed by atoms with van der Waals surface area (Å²) in [7, 11) is 0. The van der Waals surface area contributed by atoms with Crippen molar-refractivity contribution in [2.75, 3.05) is 0 Å². The lowest BCUT2D eigenvalue weighted by Crippen LogP contribution is -1.94. The van der Waals surface area contributed by atoms with Crippen LogP contribution in [0.3, 0.4) is 0 Å². The van der Waals surface area contributed by atoms with Crippen LogP contribution in [0.5, 0.6) is 0 Å². The fourth-order valence-corrected chi connectivity index (χ4v) is 2.26. The van der Waals surface area contributed by atoms with Gasteiger partial charge in [-0.15, -0.1) is 0 Å². The fourth-order valence-electron chi connectivity index (χ4n) is 1.75. The van der Waals surface area contributed by atoms with E-state index in [0.717, 1.165) is 11.1 Å². The van der Waals surface area contributed by atoms with Crippen molar-refractivity contribution < 1.29 is 9.85 Å². The standard InChI is InChI=1S/C13H9BrN2O4/c14-13-8-12(16(19)20)6-3-10(13)7-9-1-4-11(5-2-9)15(17)18/h1-6,8H,7H2. The molecule has 7 heteroatoms. The molecule has 0 spiro atoms. The first kappa shape index (κ1) is 14.1. The van der Waals surface area contributed by atoms with Gasteiger partial charge in [0.1, 0.15) is 0 Å². The van der Waals surface area contributed by atoms with E-state index in [9.17, 15) is 20.2 Å². The zero-order valence-corrected chi connectivity index (χ0v) is 11.7. The number of nitro benzene ring substituents is 2. The van der Waals surface area contributed by atoms with E-state index in [2.05, 4.69) is 15.9 Å². The molecule has 0 aliphatic heterocycles. The van der Waals surface area contributed by atoms with Crippen molar-refractivity contribution in [2.45, 2.75) is 6.42 Å². The molecule has 0 unspecified atom stereocenters. The summed E-state index contributed by atoms with van der Waals surface area (Å²) in [5.41, 5.74) is 1.83. The summed E-state index contributed by atoms with van der Waals surface area (Å²) in [5, 5.41) is 21.2. The number of benzene rings is 2. The van der Waals surface area contributed by atoms with Gasteiger partial charge in [0.15, 0.2) is 0 Å². The molecule has 0 fully saturated rings. The second-order valence-corrected chi connectivity index (χ2v) is 4.99. The van der Waals surface area contributed by atoms with Crippen LogP contribution in [-0.4, -0.2) is 9.85 Å². The number of hydrogen-bond acceptors (Lipinski definition) is 4. The Morgan fingerprint density at radius 1 is 0.900 bits per heavy atom. The summed E-state index contributed by atoms with van der Waals surface area (Å²) in [4.78, 5) is 20.3. The monoisotopic (exact) mass is 336 g/mol. The molecule has 0 radical (unpaired) electrons. The highest BCUT2D eigenvalue weighted by molar-refractivity contribution is 9.10. The molecular formula is C13H9BrN2O4. The minimum absolute atomic E-state index is 0.0179. The Bertz CT molecular complexity index is 671. The van der Waals surface area contributed by atoms with Crippen LogP contribution in [0.25, 0.3) is 0 Å². The molecule has 0 aliphatic rings. The van der Waals surface area contributed by atoms with Crippen molar-refractivity contribution in [1.29, 1.82) is 0 Å². The van der Waals surface area contributed by atoms with Gasteiger partial charge in [0.2, 0.25) is 0 Å². The highest BCUT2D eigenvalue weighted by atomic mass is 79.9. The van der Waals surface area contributed by atoms with Crippen molar-refractivity contribution in [3.05, 3.63) is 78.3 Å². The van der Waals surface area contributed by atoms with E-state index in [-0.39, 0.29) is 11.4 Å². The van der Waals surface area contributed by atoms with Gasteiger partial charge in [0.25, 0.3) is 11.4 Å². The molecule has 2 rings (SSSR count). The quantitative estimate of drug-likeness (QED) is 0.626. The maximum atomic E-state index is 10.6. The van der Waals surface area contributed by atoms with E-state index in [0.29, 0.717) is 10.9 Å². The Balaban J connectivity index is 2.21. The van der Waals surface area contributed by atoms with E-state index in [1.54, 1.807) is 18.2 Å². The molecule has 2 aromatic rings. The van der Waals surface area contributed by atoms with Crippen LogP contribution in [0.4, 0.5) is 11.4 Å². The van der Waals surface area contributed by atoms with Gasteiger partial charge in [0.05, 0.1) is 9.85 Å². The first-order valence-electron chi connectivity index (χ1n) is 5.63. The third kappa shape index (κ3) is 3.18. The summed E-state index contributed by atoms with van der Waals surface area (Å²) in [6.45, 7) is 0. The Morgan fingerprint density at radius 2 is 1.45 bits per heavy atom. The number of hydrogen-bond donors (Lipinski definition) is 0. The maximum absolute atomic E-state index is 10.6. The Morgan fingerprint density at radius 3 is 1.95 bits per heavy atom. The average molecular weight is 337 g/mol. The number of halogens is 1. The van der Waals surface area contributed by atoms with Crippen LogP contribution in [-0.2, 0) is 6.42 Å². The zero-order valence-electron chi connectivity index (χ0n) is 10.2. The molecule has 6 nitrogen and oxygen atoms in total. The van der Waals surface area contributed by atoms with Crippen molar-refractivity contribution in [3.8, 4) is 0 Å². The maximum Gasteiger partial charge on any atom is 0.270 e. The SMILES string of the molecule is O=[N+]([O-])c1ccc(Cc2ccc([N+](=O)[O-])cc2Br)cc1. The molecule has 2 aromatic carbocycles. The second kappa shape index (κ2) is 5.79. The lowest BCUT2D eigenvalue weighted by Gasteiger charge is -2.04. The molecule has 0 saturated heterocycles. The van der Waals surface area contributed by atoms with Crippen LogP contribution >= 0.6 is 15.9 Å². The van der Waals surface area contributed by atoms with Gasteiger partial charge in [0, 0.05) is 28.7 Å². The fraction of sp³-hybridized carbons (Fsp3) is 0.0769. The van der Waals surface area contributed by atoms with Crippen LogP contribution in [0.1, 0.15) is 11.1 Å². The van der Waals surface area contributed by atoms with Crippen LogP contribution in [0.2, 0.25) is 0 Å². The number of non-ortho nitro benzene ring substituents is 2. The number of nitrogens with zero attached hydrogens (tertiary/aromatic N) is 2. The smallest absolute Gasteiger partial charge is 0.258 e. The molecule has 0 aromatic heterocycles. The molecule has 0 saturated carbocycles. The minimum Gasteiger partial charge on any atom is -0.258 e. The lowest BCUT2D eigenvalue weighted by molar-refractivity contribution is -0.385. The van der Waals surface area contributed by atoms with Crippen LogP contribution in [0, 0.1) is 20.2 Å². The van der Waals surface area contributed by atoms with E-state index in [1.165, 1.54) is 24.3 Å². The normalized spacial score (nSPS) is 10.2. The summed E-state index contributed by atoms with van der Waals surface area (Å²) in [5.74, 6) is 0. The van der Waals surface area contributed by atoms with Gasteiger partial charge >= 0.3 is 0 Å². The summed E-state index contributed by atoms with van der Waals surface area (Å²) < 4.78 is 0.644. The average Bonchev–Trinajstić information content (AvgIpc) is 2.41. The van der Waals surface area contributed by atoms with Gasteiger partial charge < -0.3 is 0 Å². The van der Waals surface area contributed by atoms with Gasteiger partial charge in [-0.05, 0) is 17.5 Å². The number of rotatable bonds is 4. The van der Waals surface area contributed by atoms with Gasteiger partial charge in [-0.1, -0.05) is 34.1 Å². The highest BCUT2D eigenvalue weighted by Crippen LogP contribution is 2.25. The van der Waals surface area contributed by atoms with E-state index in [4.69, 9.17) is 0 Å². The molecular weight excluding hydrogens is 328 g/mol. The van der Waals surface area contributed by atoms with Crippen molar-refractivity contribution in [1.82, 2.24) is 0 Å². The van der Waals surface area contributed by atoms with Crippen molar-refractivity contribution >= 4 is 27.3 Å². The molecule has 0 aliphatic carbocycles. The van der Waals surface area contributed by atoms with Crippen molar-refractivity contribution in [2.24, 2.45) is 0 Å². The van der Waals surface area contributed by atoms with Crippen molar-refractivity contribution in [3.63, 3.8) is 0 Å². The largest absolute Gasteiger partial charge is 0.270 e. The Labute approximate surface area is 122 Å². The summed E-state index contributed by atoms with van der Waals surface area (Å²) >= 11 is 3.30. The van der Waals surface area contributed by atoms with E-state index in [1.807, 2.05) is 0 Å². The summed E-state index contributed by atoms with van der Waals surface area (Å²) in [6.07, 6.45) is 0.538. The van der Waals surface area contributed by atoms with Gasteiger partial charge in [-0.25, -0.2) is 0 Å². The van der Waals surface area contributed by atoms with Crippen LogP contribution < -0.4 is 0 Å². The molecule has 0 bridgehead atoms. The van der Waals surface area contributed by atoms with E-state index >= 15 is 0 Å². The highest BCUT2D eigenvalue weighted by Gasteiger charge is 2.10. The first-order valence-corrected chi connectivity index (χ1v) is 6.43. The molecule has 0 atom stereocenters. The first-order chi connectivity index (χ1) is 9.47. The summed E-state index contributed by atoms with van der Waals surface area (Å²) in [6, 6.07) is 10.8. The molecule has 0 amide bonds. The van der Waals surface area contributed by atoms with Gasteiger partial charge in [-0.3, -0.25) is 20.2 Å². The van der Waals surface area contributed by atoms with Crippen LogP contribution in [0.15, 0.2) is 46.9 Å².